The van der Waals surface area contributed by atoms with Crippen molar-refractivity contribution in [3.8, 4) is 0 Å². The number of alkyl halides is 3. The molecule has 0 unspecified atom stereocenters. The van der Waals surface area contributed by atoms with Gasteiger partial charge in [0.15, 0.2) is 0 Å². The highest BCUT2D eigenvalue weighted by Gasteiger charge is 2.34. The summed E-state index contributed by atoms with van der Waals surface area (Å²) in [5, 5.41) is 2.95. The van der Waals surface area contributed by atoms with E-state index in [0.717, 1.165) is 25.0 Å². The Balaban J connectivity index is 2.18. The summed E-state index contributed by atoms with van der Waals surface area (Å²) in [6.07, 6.45) is -2.93. The van der Waals surface area contributed by atoms with Crippen LogP contribution in [-0.2, 0) is 22.0 Å². The number of halogens is 3. The van der Waals surface area contributed by atoms with E-state index in [2.05, 4.69) is 5.32 Å². The first-order valence-electron chi connectivity index (χ1n) is 7.04. The van der Waals surface area contributed by atoms with Crippen LogP contribution in [0.25, 0.3) is 0 Å². The quantitative estimate of drug-likeness (QED) is 0.897. The van der Waals surface area contributed by atoms with Crippen molar-refractivity contribution in [2.45, 2.75) is 30.8 Å². The van der Waals surface area contributed by atoms with Gasteiger partial charge in [0.1, 0.15) is 0 Å². The van der Waals surface area contributed by atoms with Gasteiger partial charge in [-0.05, 0) is 31.5 Å². The lowest BCUT2D eigenvalue weighted by molar-refractivity contribution is -0.137. The van der Waals surface area contributed by atoms with Gasteiger partial charge in [0, 0.05) is 19.1 Å². The Hall–Kier alpha value is -1.12. The summed E-state index contributed by atoms with van der Waals surface area (Å²) in [4.78, 5) is 0. The van der Waals surface area contributed by atoms with E-state index in [0.29, 0.717) is 13.1 Å². The first-order valence-corrected chi connectivity index (χ1v) is 8.65. The van der Waals surface area contributed by atoms with Crippen LogP contribution in [-0.4, -0.2) is 38.9 Å². The molecule has 1 aliphatic heterocycles. The number of rotatable bonds is 5. The number of sulfonamides is 1. The molecule has 22 heavy (non-hydrogen) atoms. The zero-order chi connectivity index (χ0) is 16.4. The van der Waals surface area contributed by atoms with E-state index >= 15 is 0 Å². The van der Waals surface area contributed by atoms with Crippen molar-refractivity contribution in [2.24, 2.45) is 0 Å². The summed E-state index contributed by atoms with van der Waals surface area (Å²) < 4.78 is 64.4. The second kappa shape index (κ2) is 6.55. The Morgan fingerprint density at radius 3 is 2.73 bits per heavy atom. The van der Waals surface area contributed by atoms with Crippen molar-refractivity contribution >= 4 is 10.0 Å². The van der Waals surface area contributed by atoms with Crippen molar-refractivity contribution in [1.29, 1.82) is 0 Å². The second-order valence-electron chi connectivity index (χ2n) is 5.42. The molecule has 0 spiro atoms. The molecule has 1 N–H and O–H groups in total. The molecule has 1 atom stereocenters. The minimum absolute atomic E-state index is 0.124. The highest BCUT2D eigenvalue weighted by molar-refractivity contribution is 7.88. The van der Waals surface area contributed by atoms with E-state index in [-0.39, 0.29) is 11.6 Å². The summed E-state index contributed by atoms with van der Waals surface area (Å²) in [5.41, 5.74) is -0.668. The van der Waals surface area contributed by atoms with E-state index in [9.17, 15) is 21.6 Å². The van der Waals surface area contributed by atoms with Crippen molar-refractivity contribution in [2.75, 3.05) is 20.1 Å². The molecule has 124 valence electrons. The minimum atomic E-state index is -4.47. The van der Waals surface area contributed by atoms with E-state index in [4.69, 9.17) is 0 Å². The third kappa shape index (κ3) is 3.99. The van der Waals surface area contributed by atoms with Crippen LogP contribution in [0, 0.1) is 0 Å². The van der Waals surface area contributed by atoms with E-state index in [1.807, 2.05) is 0 Å². The van der Waals surface area contributed by atoms with Crippen LogP contribution in [0.2, 0.25) is 0 Å². The number of hydrogen-bond acceptors (Lipinski definition) is 3. The standard InChI is InChI=1S/C14H19F3N2O2S/c1-18-9-13-6-3-7-19(13)22(20,21)10-11-4-2-5-12(8-11)14(15,16)17/h2,4-5,8,13,18H,3,6-7,9-10H2,1H3/t13-/m0/s1. The maximum Gasteiger partial charge on any atom is 0.416 e. The van der Waals surface area contributed by atoms with Crippen LogP contribution in [0.15, 0.2) is 24.3 Å². The predicted molar refractivity (Wildman–Crippen MR) is 77.7 cm³/mol. The maximum absolute atomic E-state index is 12.7. The van der Waals surface area contributed by atoms with E-state index in [1.165, 1.54) is 16.4 Å². The molecule has 0 amide bonds. The molecule has 0 aliphatic carbocycles. The lowest BCUT2D eigenvalue weighted by Gasteiger charge is -2.24. The Labute approximate surface area is 128 Å². The average Bonchev–Trinajstić information content (AvgIpc) is 2.87. The van der Waals surface area contributed by atoms with Gasteiger partial charge in [0.25, 0.3) is 0 Å². The molecule has 1 aromatic carbocycles. The van der Waals surface area contributed by atoms with Crippen molar-refractivity contribution in [3.05, 3.63) is 35.4 Å². The Morgan fingerprint density at radius 2 is 2.09 bits per heavy atom. The molecule has 2 rings (SSSR count). The fourth-order valence-electron chi connectivity index (χ4n) is 2.75. The Bertz CT molecular complexity index is 617. The van der Waals surface area contributed by atoms with Crippen molar-refractivity contribution in [3.63, 3.8) is 0 Å². The topological polar surface area (TPSA) is 49.4 Å². The van der Waals surface area contributed by atoms with Crippen LogP contribution in [0.5, 0.6) is 0 Å². The molecule has 0 aromatic heterocycles. The van der Waals surface area contributed by atoms with Gasteiger partial charge in [-0.2, -0.15) is 17.5 Å². The first-order chi connectivity index (χ1) is 10.2. The number of hydrogen-bond donors (Lipinski definition) is 1. The maximum atomic E-state index is 12.7. The minimum Gasteiger partial charge on any atom is -0.318 e. The number of nitrogens with one attached hydrogen (secondary N) is 1. The van der Waals surface area contributed by atoms with E-state index < -0.39 is 27.5 Å². The van der Waals surface area contributed by atoms with Crippen molar-refractivity contribution in [1.82, 2.24) is 9.62 Å². The van der Waals surface area contributed by atoms with Gasteiger partial charge in [-0.15, -0.1) is 0 Å². The Kier molecular flexibility index (Phi) is 5.14. The van der Waals surface area contributed by atoms with Gasteiger partial charge in [-0.1, -0.05) is 18.2 Å². The van der Waals surface area contributed by atoms with Gasteiger partial charge in [0.2, 0.25) is 10.0 Å². The van der Waals surface area contributed by atoms with Crippen LogP contribution in [0.1, 0.15) is 24.0 Å². The largest absolute Gasteiger partial charge is 0.416 e. The number of nitrogens with zero attached hydrogens (tertiary/aromatic N) is 1. The molecule has 8 heteroatoms. The molecule has 0 saturated carbocycles. The van der Waals surface area contributed by atoms with Crippen LogP contribution >= 0.6 is 0 Å². The Morgan fingerprint density at radius 1 is 1.36 bits per heavy atom. The highest BCUT2D eigenvalue weighted by atomic mass is 32.2. The molecule has 1 aromatic rings. The smallest absolute Gasteiger partial charge is 0.318 e. The van der Waals surface area contributed by atoms with Gasteiger partial charge in [-0.3, -0.25) is 0 Å². The van der Waals surface area contributed by atoms with Crippen molar-refractivity contribution < 1.29 is 21.6 Å². The highest BCUT2D eigenvalue weighted by Crippen LogP contribution is 2.30. The summed E-state index contributed by atoms with van der Waals surface area (Å²) in [6, 6.07) is 4.37. The SMILES string of the molecule is CNC[C@@H]1CCCN1S(=O)(=O)Cc1cccc(C(F)(F)F)c1. The van der Waals surface area contributed by atoms with Gasteiger partial charge in [0.05, 0.1) is 11.3 Å². The summed E-state index contributed by atoms with van der Waals surface area (Å²) in [7, 11) is -1.87. The summed E-state index contributed by atoms with van der Waals surface area (Å²) in [5.74, 6) is -0.406. The third-order valence-corrected chi connectivity index (χ3v) is 5.62. The average molecular weight is 336 g/mol. The third-order valence-electron chi connectivity index (χ3n) is 3.72. The fraction of sp³-hybridized carbons (Fsp3) is 0.571. The molecule has 1 aliphatic rings. The molecule has 0 radical (unpaired) electrons. The zero-order valence-corrected chi connectivity index (χ0v) is 13.0. The van der Waals surface area contributed by atoms with Crippen LogP contribution in [0.3, 0.4) is 0 Å². The monoisotopic (exact) mass is 336 g/mol. The van der Waals surface area contributed by atoms with E-state index in [1.54, 1.807) is 7.05 Å². The molecule has 4 nitrogen and oxygen atoms in total. The molecule has 1 saturated heterocycles. The predicted octanol–water partition coefficient (Wildman–Crippen LogP) is 2.22. The number of benzene rings is 1. The van der Waals surface area contributed by atoms with Gasteiger partial charge < -0.3 is 5.32 Å². The normalized spacial score (nSPS) is 20.5. The molecule has 1 heterocycles. The van der Waals surface area contributed by atoms with Crippen LogP contribution < -0.4 is 5.32 Å². The first kappa shape index (κ1) is 17.2. The molecule has 1 fully saturated rings. The number of likely N-dealkylation sites (N-methyl/N-ethyl adjacent to an activating group) is 1. The second-order valence-corrected chi connectivity index (χ2v) is 7.34. The van der Waals surface area contributed by atoms with Gasteiger partial charge >= 0.3 is 6.18 Å². The lowest BCUT2D eigenvalue weighted by atomic mass is 10.1. The summed E-state index contributed by atoms with van der Waals surface area (Å²) in [6.45, 7) is 0.968. The lowest BCUT2D eigenvalue weighted by Crippen LogP contribution is -2.41. The van der Waals surface area contributed by atoms with Crippen LogP contribution in [0.4, 0.5) is 13.2 Å². The fourth-order valence-corrected chi connectivity index (χ4v) is 4.55. The molecular weight excluding hydrogens is 317 g/mol. The summed E-state index contributed by atoms with van der Waals surface area (Å²) >= 11 is 0. The molecular formula is C14H19F3N2O2S. The molecule has 0 bridgehead atoms. The zero-order valence-electron chi connectivity index (χ0n) is 12.2. The van der Waals surface area contributed by atoms with Gasteiger partial charge in [-0.25, -0.2) is 8.42 Å².